The van der Waals surface area contributed by atoms with Crippen LogP contribution in [0.1, 0.15) is 69.4 Å². The maximum Gasteiger partial charge on any atom is 0.328 e. The Kier molecular flexibility index (Phi) is 8.29. The average molecular weight is 462 g/mol. The maximum absolute atomic E-state index is 11.1. The van der Waals surface area contributed by atoms with Gasteiger partial charge >= 0.3 is 10.1 Å². The van der Waals surface area contributed by atoms with Crippen LogP contribution in [0.25, 0.3) is 4.85 Å². The van der Waals surface area contributed by atoms with E-state index in [0.717, 1.165) is 44.3 Å². The van der Waals surface area contributed by atoms with Crippen LogP contribution in [0, 0.1) is 6.57 Å². The number of aliphatic hydroxyl groups is 1. The molecule has 0 aliphatic carbocycles. The highest BCUT2D eigenvalue weighted by Gasteiger charge is 2.38. The molecule has 3 rings (SSSR count). The van der Waals surface area contributed by atoms with Gasteiger partial charge in [0.05, 0.1) is 23.7 Å². The van der Waals surface area contributed by atoms with Gasteiger partial charge in [-0.1, -0.05) is 26.2 Å². The molecule has 0 amide bonds. The second-order valence-electron chi connectivity index (χ2n) is 8.29. The van der Waals surface area contributed by atoms with E-state index in [1.54, 1.807) is 12.3 Å². The lowest BCUT2D eigenvalue weighted by Crippen LogP contribution is -2.34. The minimum Gasteiger partial charge on any atom is -0.447 e. The predicted octanol–water partition coefficient (Wildman–Crippen LogP) is 4.42. The molecule has 0 saturated carbocycles. The highest BCUT2D eigenvalue weighted by Crippen LogP contribution is 2.31. The molecule has 3 atom stereocenters. The van der Waals surface area contributed by atoms with Gasteiger partial charge in [-0.05, 0) is 43.5 Å². The fourth-order valence-electron chi connectivity index (χ4n) is 4.27. The van der Waals surface area contributed by atoms with Gasteiger partial charge in [0, 0.05) is 19.4 Å². The van der Waals surface area contributed by atoms with E-state index in [-0.39, 0.29) is 12.1 Å². The topological polar surface area (TPSA) is 108 Å². The first-order chi connectivity index (χ1) is 15.3. The van der Waals surface area contributed by atoms with E-state index < -0.39 is 21.3 Å². The number of furan rings is 1. The van der Waals surface area contributed by atoms with Crippen molar-refractivity contribution < 1.29 is 22.5 Å². The lowest BCUT2D eigenvalue weighted by atomic mass is 10.0. The Balaban J connectivity index is 1.61. The summed E-state index contributed by atoms with van der Waals surface area (Å²) in [5.41, 5.74) is 1.62. The van der Waals surface area contributed by atoms with Gasteiger partial charge in [0.1, 0.15) is 11.8 Å². The van der Waals surface area contributed by atoms with Crippen LogP contribution < -0.4 is 4.90 Å². The van der Waals surface area contributed by atoms with Gasteiger partial charge in [-0.2, -0.15) is 8.42 Å². The lowest BCUT2D eigenvalue weighted by Gasteiger charge is -2.26. The van der Waals surface area contributed by atoms with Crippen molar-refractivity contribution in [1.29, 1.82) is 0 Å². The minimum absolute atomic E-state index is 0.0330. The molecule has 3 unspecified atom stereocenters. The molecule has 0 aromatic carbocycles. The highest BCUT2D eigenvalue weighted by atomic mass is 32.2. The van der Waals surface area contributed by atoms with Crippen LogP contribution in [0.4, 0.5) is 5.69 Å². The quantitative estimate of drug-likeness (QED) is 0.290. The van der Waals surface area contributed by atoms with Crippen LogP contribution in [0.3, 0.4) is 0 Å². The molecule has 2 N–H and O–H groups in total. The Labute approximate surface area is 189 Å². The number of nitrogens with zero attached hydrogens (tertiary/aromatic N) is 3. The number of rotatable bonds is 11. The van der Waals surface area contributed by atoms with Crippen molar-refractivity contribution in [2.45, 2.75) is 81.6 Å². The second kappa shape index (κ2) is 10.9. The van der Waals surface area contributed by atoms with E-state index in [2.05, 4.69) is 21.7 Å². The normalized spacial score (nSPS) is 19.8. The largest absolute Gasteiger partial charge is 0.447 e. The summed E-state index contributed by atoms with van der Waals surface area (Å²) in [7, 11) is -4.34. The van der Waals surface area contributed by atoms with Gasteiger partial charge in [0.25, 0.3) is 0 Å². The summed E-state index contributed by atoms with van der Waals surface area (Å²) in [6.45, 7) is 10.5. The number of aliphatic hydroxyl groups excluding tert-OH is 1. The van der Waals surface area contributed by atoms with E-state index in [0.29, 0.717) is 30.7 Å². The zero-order valence-corrected chi connectivity index (χ0v) is 19.2. The van der Waals surface area contributed by atoms with Crippen LogP contribution in [0.2, 0.25) is 0 Å². The number of aromatic nitrogens is 1. The number of hydrogen-bond donors (Lipinski definition) is 2. The monoisotopic (exact) mass is 461 g/mol. The van der Waals surface area contributed by atoms with Gasteiger partial charge < -0.3 is 19.3 Å². The molecule has 1 aliphatic rings. The average Bonchev–Trinajstić information content (AvgIpc) is 3.41. The molecule has 174 valence electrons. The van der Waals surface area contributed by atoms with Crippen molar-refractivity contribution in [2.75, 3.05) is 11.4 Å². The lowest BCUT2D eigenvalue weighted by molar-refractivity contribution is 0.159. The van der Waals surface area contributed by atoms with Crippen molar-refractivity contribution in [2.24, 2.45) is 0 Å². The van der Waals surface area contributed by atoms with E-state index in [1.165, 1.54) is 6.07 Å². The van der Waals surface area contributed by atoms with Crippen molar-refractivity contribution in [3.63, 3.8) is 0 Å². The van der Waals surface area contributed by atoms with Crippen molar-refractivity contribution in [3.8, 4) is 0 Å². The van der Waals surface area contributed by atoms with Crippen LogP contribution in [-0.4, -0.2) is 41.7 Å². The first-order valence-corrected chi connectivity index (χ1v) is 12.6. The Morgan fingerprint density at radius 2 is 2.09 bits per heavy atom. The SMILES string of the molecule is [C-]#[N+]C1CCN(c2ccc(C(O)CCCCC)nc2)C1CCCc1ccc(S(=O)(=O)O)o1. The molecule has 32 heavy (non-hydrogen) atoms. The maximum atomic E-state index is 11.1. The summed E-state index contributed by atoms with van der Waals surface area (Å²) in [5.74, 6) is 0.490. The van der Waals surface area contributed by atoms with E-state index in [1.807, 2.05) is 12.1 Å². The fraction of sp³-hybridized carbons (Fsp3) is 0.565. The summed E-state index contributed by atoms with van der Waals surface area (Å²) < 4.78 is 36.5. The van der Waals surface area contributed by atoms with Crippen molar-refractivity contribution in [1.82, 2.24) is 4.98 Å². The Morgan fingerprint density at radius 3 is 2.72 bits per heavy atom. The molecular weight excluding hydrogens is 430 g/mol. The number of aryl methyl sites for hydroxylation is 1. The first-order valence-electron chi connectivity index (χ1n) is 11.2. The third kappa shape index (κ3) is 6.09. The number of hydrogen-bond acceptors (Lipinski definition) is 6. The number of anilines is 1. The molecule has 9 heteroatoms. The van der Waals surface area contributed by atoms with E-state index in [4.69, 9.17) is 15.5 Å². The smallest absolute Gasteiger partial charge is 0.328 e. The minimum atomic E-state index is -4.34. The van der Waals surface area contributed by atoms with Gasteiger partial charge in [-0.15, -0.1) is 0 Å². The van der Waals surface area contributed by atoms with Gasteiger partial charge in [0.2, 0.25) is 11.1 Å². The molecule has 0 bridgehead atoms. The summed E-state index contributed by atoms with van der Waals surface area (Å²) in [6, 6.07) is 6.56. The zero-order valence-electron chi connectivity index (χ0n) is 18.4. The molecule has 2 aromatic rings. The number of unbranched alkanes of at least 4 members (excludes halogenated alkanes) is 2. The Morgan fingerprint density at radius 1 is 1.28 bits per heavy atom. The Hall–Kier alpha value is -2.41. The van der Waals surface area contributed by atoms with Crippen molar-refractivity contribution >= 4 is 15.8 Å². The second-order valence-corrected chi connectivity index (χ2v) is 9.64. The third-order valence-corrected chi connectivity index (χ3v) is 6.74. The van der Waals surface area contributed by atoms with Crippen LogP contribution >= 0.6 is 0 Å². The number of pyridine rings is 1. The van der Waals surface area contributed by atoms with E-state index in [9.17, 15) is 13.5 Å². The molecule has 1 fully saturated rings. The molecule has 0 spiro atoms. The third-order valence-electron chi connectivity index (χ3n) is 6.02. The molecular formula is C23H31N3O5S. The fourth-order valence-corrected chi connectivity index (χ4v) is 4.73. The molecule has 1 saturated heterocycles. The summed E-state index contributed by atoms with van der Waals surface area (Å²) >= 11 is 0. The van der Waals surface area contributed by atoms with Crippen LogP contribution in [0.5, 0.6) is 0 Å². The van der Waals surface area contributed by atoms with Crippen LogP contribution in [0.15, 0.2) is 40.0 Å². The zero-order chi connectivity index (χ0) is 23.1. The summed E-state index contributed by atoms with van der Waals surface area (Å²) in [6.07, 6.45) is 7.88. The molecule has 1 aliphatic heterocycles. The summed E-state index contributed by atoms with van der Waals surface area (Å²) in [5, 5.41) is 9.89. The van der Waals surface area contributed by atoms with Gasteiger partial charge in [-0.25, -0.2) is 6.57 Å². The van der Waals surface area contributed by atoms with E-state index >= 15 is 0 Å². The van der Waals surface area contributed by atoms with Gasteiger partial charge in [0.15, 0.2) is 0 Å². The molecule has 3 heterocycles. The van der Waals surface area contributed by atoms with Crippen LogP contribution in [-0.2, 0) is 16.5 Å². The molecule has 0 radical (unpaired) electrons. The predicted molar refractivity (Wildman–Crippen MR) is 121 cm³/mol. The standard InChI is InChI=1S/C23H31N3O5S/c1-3-4-5-9-22(27)20-12-10-17(16-25-20)26-15-14-19(24-2)21(26)8-6-7-18-11-13-23(31-18)32(28,29)30/h10-13,16,19,21-22,27H,3-9,14-15H2,1H3,(H,28,29,30). The Bertz CT molecular complexity index is 1010. The molecule has 8 nitrogen and oxygen atoms in total. The molecule has 2 aromatic heterocycles. The summed E-state index contributed by atoms with van der Waals surface area (Å²) in [4.78, 5) is 10.5. The first kappa shape index (κ1) is 24.2. The van der Waals surface area contributed by atoms with Crippen molar-refractivity contribution in [3.05, 3.63) is 53.3 Å². The van der Waals surface area contributed by atoms with Gasteiger partial charge in [-0.3, -0.25) is 9.54 Å². The highest BCUT2D eigenvalue weighted by molar-refractivity contribution is 7.85.